The number of hydrogen-bond acceptors (Lipinski definition) is 4. The van der Waals surface area contributed by atoms with Gasteiger partial charge >= 0.3 is 7.60 Å². The predicted octanol–water partition coefficient (Wildman–Crippen LogP) is 7.20. The van der Waals surface area contributed by atoms with Crippen LogP contribution in [0.1, 0.15) is 86.0 Å². The van der Waals surface area contributed by atoms with E-state index in [0.29, 0.717) is 6.16 Å². The number of hydrogen-bond donors (Lipinski definition) is 1. The molecular weight excluding hydrogens is 382 g/mol. The largest absolute Gasteiger partial charge is 0.338 e. The van der Waals surface area contributed by atoms with E-state index < -0.39 is 26.5 Å². The van der Waals surface area contributed by atoms with Crippen LogP contribution in [0.4, 0.5) is 0 Å². The summed E-state index contributed by atoms with van der Waals surface area (Å²) in [5.41, 5.74) is -0.757. The van der Waals surface area contributed by atoms with Crippen LogP contribution in [-0.2, 0) is 18.2 Å². The molecule has 0 spiro atoms. The third kappa shape index (κ3) is 13.0. The van der Waals surface area contributed by atoms with Crippen LogP contribution in [0.3, 0.4) is 0 Å². The van der Waals surface area contributed by atoms with Crippen molar-refractivity contribution in [2.24, 2.45) is 5.92 Å². The van der Waals surface area contributed by atoms with Crippen molar-refractivity contribution in [1.29, 1.82) is 0 Å². The average molecular weight is 424 g/mol. The van der Waals surface area contributed by atoms with Gasteiger partial charge in [-0.1, -0.05) is 52.0 Å². The van der Waals surface area contributed by atoms with Crippen molar-refractivity contribution in [2.45, 2.75) is 91.6 Å². The van der Waals surface area contributed by atoms with Gasteiger partial charge in [-0.3, -0.25) is 9.13 Å². The topological polar surface area (TPSA) is 72.8 Å². The summed E-state index contributed by atoms with van der Waals surface area (Å²) >= 11 is 0. The van der Waals surface area contributed by atoms with E-state index in [2.05, 4.69) is 6.58 Å². The van der Waals surface area contributed by atoms with E-state index in [-0.39, 0.29) is 12.5 Å². The highest BCUT2D eigenvalue weighted by Crippen LogP contribution is 2.62. The maximum absolute atomic E-state index is 13.0. The molecular formula is C20H42O5P2. The summed E-state index contributed by atoms with van der Waals surface area (Å²) in [5.74, 6) is -0.332. The number of rotatable bonds is 17. The zero-order valence-electron chi connectivity index (χ0n) is 18.1. The van der Waals surface area contributed by atoms with Crippen LogP contribution in [-0.4, -0.2) is 29.2 Å². The van der Waals surface area contributed by atoms with Gasteiger partial charge in [-0.25, -0.2) is 0 Å². The minimum Gasteiger partial charge on any atom is -0.328 e. The van der Waals surface area contributed by atoms with Gasteiger partial charge in [0.25, 0.3) is 0 Å². The Labute approximate surface area is 167 Å². The Morgan fingerprint density at radius 2 is 1.56 bits per heavy atom. The van der Waals surface area contributed by atoms with E-state index in [1.165, 1.54) is 25.7 Å². The molecule has 0 rings (SSSR count). The van der Waals surface area contributed by atoms with E-state index in [1.54, 1.807) is 20.8 Å². The molecule has 7 heteroatoms. The highest BCUT2D eigenvalue weighted by Gasteiger charge is 2.39. The minimum atomic E-state index is -3.99. The molecule has 2 unspecified atom stereocenters. The van der Waals surface area contributed by atoms with Gasteiger partial charge in [0.1, 0.15) is 5.90 Å². The van der Waals surface area contributed by atoms with Crippen LogP contribution >= 0.6 is 15.0 Å². The number of unbranched alkanes of at least 4 members (excludes halogenated alkanes) is 7. The summed E-state index contributed by atoms with van der Waals surface area (Å²) in [6.45, 7) is 13.2. The summed E-state index contributed by atoms with van der Waals surface area (Å²) in [5, 5.41) is 0. The second-order valence-electron chi connectivity index (χ2n) is 8.14. The van der Waals surface area contributed by atoms with Crippen molar-refractivity contribution in [3.8, 4) is 0 Å². The molecule has 5 nitrogen and oxygen atoms in total. The Balaban J connectivity index is 4.43. The molecule has 162 valence electrons. The van der Waals surface area contributed by atoms with Gasteiger partial charge in [0.15, 0.2) is 0 Å². The summed E-state index contributed by atoms with van der Waals surface area (Å²) in [4.78, 5) is 10.3. The second kappa shape index (κ2) is 13.3. The van der Waals surface area contributed by atoms with Gasteiger partial charge in [-0.2, -0.15) is 0 Å². The van der Waals surface area contributed by atoms with E-state index in [9.17, 15) is 14.0 Å². The van der Waals surface area contributed by atoms with Crippen molar-refractivity contribution >= 4 is 15.0 Å². The first-order valence-corrected chi connectivity index (χ1v) is 14.1. The minimum absolute atomic E-state index is 0.0657. The molecule has 0 aromatic carbocycles. The molecule has 0 aromatic heterocycles. The third-order valence-corrected chi connectivity index (χ3v) is 10.6. The molecule has 0 aliphatic heterocycles. The Hall–Kier alpha value is 0.0800. The van der Waals surface area contributed by atoms with Crippen LogP contribution < -0.4 is 0 Å². The normalized spacial score (nSPS) is 16.9. The van der Waals surface area contributed by atoms with Crippen molar-refractivity contribution in [2.75, 3.05) is 18.7 Å². The van der Waals surface area contributed by atoms with Crippen molar-refractivity contribution < 1.29 is 23.1 Å². The van der Waals surface area contributed by atoms with E-state index in [1.807, 2.05) is 19.9 Å². The van der Waals surface area contributed by atoms with Gasteiger partial charge in [-0.05, 0) is 46.0 Å². The highest BCUT2D eigenvalue weighted by molar-refractivity contribution is 7.73. The standard InChI is InChI=1S/C20H42O5P2/c1-7-9-10-11-12-13-14-15-16-17-26(21,24-8-2)18-27(22,23)25-20(5,6)19(3)4/h7,19H,1,8-18H2,2-6H3,(H,22,23). The van der Waals surface area contributed by atoms with Crippen molar-refractivity contribution in [3.63, 3.8) is 0 Å². The molecule has 0 aromatic rings. The predicted molar refractivity (Wildman–Crippen MR) is 116 cm³/mol. The molecule has 0 radical (unpaired) electrons. The van der Waals surface area contributed by atoms with Gasteiger partial charge < -0.3 is 13.9 Å². The van der Waals surface area contributed by atoms with Crippen molar-refractivity contribution in [3.05, 3.63) is 12.7 Å². The number of allylic oxidation sites excluding steroid dienone is 1. The third-order valence-electron chi connectivity index (χ3n) is 4.93. The molecule has 0 heterocycles. The summed E-state index contributed by atoms with van der Waals surface area (Å²) in [6, 6.07) is 0. The molecule has 0 aliphatic rings. The van der Waals surface area contributed by atoms with Crippen LogP contribution in [0, 0.1) is 5.92 Å². The first-order valence-electron chi connectivity index (χ1n) is 10.3. The summed E-state index contributed by atoms with van der Waals surface area (Å²) in [7, 11) is -7.17. The summed E-state index contributed by atoms with van der Waals surface area (Å²) in [6.07, 6.45) is 11.0. The maximum Gasteiger partial charge on any atom is 0.338 e. The first kappa shape index (κ1) is 27.1. The molecule has 0 saturated heterocycles. The fourth-order valence-corrected chi connectivity index (χ4v) is 8.26. The molecule has 0 amide bonds. The van der Waals surface area contributed by atoms with Gasteiger partial charge in [-0.15, -0.1) is 6.58 Å². The van der Waals surface area contributed by atoms with Crippen molar-refractivity contribution in [1.82, 2.24) is 0 Å². The molecule has 0 aliphatic carbocycles. The maximum atomic E-state index is 13.0. The van der Waals surface area contributed by atoms with Gasteiger partial charge in [0.2, 0.25) is 7.37 Å². The van der Waals surface area contributed by atoms with Crippen LogP contribution in [0.15, 0.2) is 12.7 Å². The smallest absolute Gasteiger partial charge is 0.328 e. The van der Waals surface area contributed by atoms with E-state index in [0.717, 1.165) is 25.7 Å². The second-order valence-corrected chi connectivity index (χ2v) is 13.1. The molecule has 0 saturated carbocycles. The quantitative estimate of drug-likeness (QED) is 0.152. The first-order chi connectivity index (χ1) is 12.5. The van der Waals surface area contributed by atoms with Crippen LogP contribution in [0.2, 0.25) is 0 Å². The lowest BCUT2D eigenvalue weighted by molar-refractivity contribution is 0.0486. The fourth-order valence-electron chi connectivity index (χ4n) is 2.71. The van der Waals surface area contributed by atoms with Gasteiger partial charge in [0, 0.05) is 6.16 Å². The Morgan fingerprint density at radius 1 is 1.04 bits per heavy atom. The SMILES string of the molecule is C=CCCCCCCCCCP(=O)(CP(=O)(O)OC(C)(C)C(C)C)OCC. The van der Waals surface area contributed by atoms with E-state index in [4.69, 9.17) is 9.05 Å². The zero-order valence-corrected chi connectivity index (χ0v) is 19.9. The van der Waals surface area contributed by atoms with E-state index >= 15 is 0 Å². The summed E-state index contributed by atoms with van der Waals surface area (Å²) < 4.78 is 36.5. The Kier molecular flexibility index (Phi) is 13.4. The molecule has 1 N–H and O–H groups in total. The molecule has 2 atom stereocenters. The lowest BCUT2D eigenvalue weighted by Gasteiger charge is -2.32. The monoisotopic (exact) mass is 424 g/mol. The zero-order chi connectivity index (χ0) is 21.0. The Morgan fingerprint density at radius 3 is 2.04 bits per heavy atom. The van der Waals surface area contributed by atoms with Crippen LogP contribution in [0.25, 0.3) is 0 Å². The fraction of sp³-hybridized carbons (Fsp3) is 0.900. The molecule has 0 fully saturated rings. The lowest BCUT2D eigenvalue weighted by atomic mass is 9.95. The lowest BCUT2D eigenvalue weighted by Crippen LogP contribution is -2.30. The van der Waals surface area contributed by atoms with Crippen LogP contribution in [0.5, 0.6) is 0 Å². The molecule has 27 heavy (non-hydrogen) atoms. The Bertz CT molecular complexity index is 503. The molecule has 0 bridgehead atoms. The average Bonchev–Trinajstić information content (AvgIpc) is 2.51. The van der Waals surface area contributed by atoms with Gasteiger partial charge in [0.05, 0.1) is 12.2 Å². The highest BCUT2D eigenvalue weighted by atomic mass is 31.2.